The normalized spacial score (nSPS) is 37.3. The zero-order chi connectivity index (χ0) is 33.5. The second-order valence-corrected chi connectivity index (χ2v) is 14.9. The van der Waals surface area contributed by atoms with E-state index in [9.17, 15) is 13.9 Å². The van der Waals surface area contributed by atoms with E-state index in [-0.39, 0.29) is 17.1 Å². The molecule has 8 heterocycles. The number of nitrogen functional groups attached to an aromatic ring is 1. The maximum absolute atomic E-state index is 16.3. The predicted octanol–water partition coefficient (Wildman–Crippen LogP) is 1.95. The van der Waals surface area contributed by atoms with E-state index in [2.05, 4.69) is 25.3 Å². The van der Waals surface area contributed by atoms with Crippen LogP contribution < -0.4 is 16.6 Å². The summed E-state index contributed by atoms with van der Waals surface area (Å²) in [5, 5.41) is 4.14. The third kappa shape index (κ3) is 5.50. The molecule has 4 aromatic rings. The molecule has 0 aromatic carbocycles. The van der Waals surface area contributed by atoms with Crippen molar-refractivity contribution < 1.29 is 45.5 Å². The van der Waals surface area contributed by atoms with Gasteiger partial charge in [-0.2, -0.15) is 4.98 Å². The summed E-state index contributed by atoms with van der Waals surface area (Å²) in [7, 11) is 2.55. The van der Waals surface area contributed by atoms with Crippen LogP contribution in [0.15, 0.2) is 29.6 Å². The van der Waals surface area contributed by atoms with E-state index in [1.807, 2.05) is 6.07 Å². The molecule has 3 saturated heterocycles. The number of aromatic nitrogens is 6. The molecular weight excluding hydrogens is 678 g/mol. The highest BCUT2D eigenvalue weighted by molar-refractivity contribution is 7.79. The lowest BCUT2D eigenvalue weighted by Crippen LogP contribution is -2.37. The van der Waals surface area contributed by atoms with Gasteiger partial charge in [0.25, 0.3) is 20.5 Å². The summed E-state index contributed by atoms with van der Waals surface area (Å²) in [6, 6.07) is 1.82. The summed E-state index contributed by atoms with van der Waals surface area (Å²) in [5.41, 5.74) is 6.87. The van der Waals surface area contributed by atoms with Crippen molar-refractivity contribution in [1.82, 2.24) is 29.1 Å². The van der Waals surface area contributed by atoms with Gasteiger partial charge in [0.15, 0.2) is 36.0 Å². The summed E-state index contributed by atoms with van der Waals surface area (Å²) in [6.45, 7) is -0.688. The van der Waals surface area contributed by atoms with Crippen LogP contribution >= 0.6 is 14.9 Å². The second kappa shape index (κ2) is 11.7. The zero-order valence-electron chi connectivity index (χ0n) is 24.8. The summed E-state index contributed by atoms with van der Waals surface area (Å²) in [4.78, 5) is 26.9. The number of nitrogens with one attached hydrogen (secondary N) is 2. The molecule has 3 fully saturated rings. The van der Waals surface area contributed by atoms with Crippen molar-refractivity contribution in [3.05, 3.63) is 40.7 Å². The molecule has 17 nitrogen and oxygen atoms in total. The van der Waals surface area contributed by atoms with Crippen LogP contribution in [0.25, 0.3) is 22.2 Å². The van der Waals surface area contributed by atoms with Crippen molar-refractivity contribution >= 4 is 63.9 Å². The number of H-pyrrole nitrogens is 1. The molecule has 250 valence electrons. The van der Waals surface area contributed by atoms with Crippen molar-refractivity contribution in [3.63, 3.8) is 0 Å². The minimum atomic E-state index is -4.63. The van der Waals surface area contributed by atoms with Crippen molar-refractivity contribution in [1.29, 1.82) is 0 Å². The highest BCUT2D eigenvalue weighted by Gasteiger charge is 2.53. The van der Waals surface area contributed by atoms with E-state index in [1.165, 1.54) is 4.57 Å². The monoisotopic (exact) mass is 704 g/mol. The number of aryl methyl sites for hydroxylation is 1. The standard InChI is InChI=1S/C25H26B2F2N8O9P2/c26-47(39)42-8-13-19(16(29)24(44-13)37-9-33-17-21(37)34-25(30)35-22(17)38)46-48(27,40)41-7-12-18(45-47)15(28)23(43-12)36-6-10-2-1-4-31-11-3-5-32-20(36)14(10)11/h3,5-6,9,12-13,15-16,18-19,23-24,31H,1-2,4,7-8H2,(H3,30,34,35,38)/t12-,13-,15+,16?,18?,19+,23-,24-,47?,48?/m1/s1. The molecular formula is C25H26B2F2N8O9P2. The largest absolute Gasteiger partial charge is 0.384 e. The van der Waals surface area contributed by atoms with Crippen molar-refractivity contribution in [3.8, 4) is 0 Å². The van der Waals surface area contributed by atoms with Gasteiger partial charge in [-0.15, -0.1) is 0 Å². The Labute approximate surface area is 271 Å². The Hall–Kier alpha value is -3.15. The Bertz CT molecular complexity index is 2070. The number of hydrogen-bond donors (Lipinski definition) is 3. The van der Waals surface area contributed by atoms with Gasteiger partial charge in [0, 0.05) is 30.0 Å². The van der Waals surface area contributed by atoms with Crippen molar-refractivity contribution in [2.24, 2.45) is 0 Å². The Balaban J connectivity index is 1.08. The van der Waals surface area contributed by atoms with Crippen LogP contribution in [-0.4, -0.2) is 101 Å². The fourth-order valence-corrected chi connectivity index (χ4v) is 8.54. The molecule has 0 saturated carbocycles. The molecule has 4 aliphatic heterocycles. The maximum Gasteiger partial charge on any atom is 0.280 e. The first kappa shape index (κ1) is 32.1. The number of alkyl halides is 2. The van der Waals surface area contributed by atoms with E-state index in [4.69, 9.17) is 48.4 Å². The average Bonchev–Trinajstić information content (AvgIpc) is 3.73. The molecule has 10 atom stereocenters. The van der Waals surface area contributed by atoms with Gasteiger partial charge in [-0.25, -0.2) is 18.7 Å². The topological polar surface area (TPSA) is 209 Å². The Kier molecular flexibility index (Phi) is 7.84. The number of pyridine rings is 1. The molecule has 4 aliphatic rings. The maximum atomic E-state index is 16.3. The van der Waals surface area contributed by atoms with Crippen LogP contribution in [0.1, 0.15) is 24.4 Å². The minimum Gasteiger partial charge on any atom is -0.384 e. The lowest BCUT2D eigenvalue weighted by atomic mass is 10.1. The number of nitrogens with two attached hydrogens (primary N) is 1. The molecule has 4 aromatic heterocycles. The third-order valence-corrected chi connectivity index (χ3v) is 10.7. The van der Waals surface area contributed by atoms with Crippen molar-refractivity contribution in [2.75, 3.05) is 30.8 Å². The molecule has 0 bridgehead atoms. The van der Waals surface area contributed by atoms with Gasteiger partial charge in [-0.3, -0.25) is 23.5 Å². The lowest BCUT2D eigenvalue weighted by Gasteiger charge is -2.29. The first-order valence-electron chi connectivity index (χ1n) is 14.9. The SMILES string of the molecule is [B]P1(=O)OC[C@H]2O[C@@H](n3cnc4c(=O)[nH]c(N)nc43)C(F)[C@H]2OP([B])(=O)OC[C@H]2O[C@@H](n3cc4c5c(ccnc53)NCCC4)[C@@H](F)C2O1. The molecule has 0 spiro atoms. The molecule has 48 heavy (non-hydrogen) atoms. The third-order valence-electron chi connectivity index (χ3n) is 8.64. The first-order valence-corrected chi connectivity index (χ1v) is 18.1. The number of ether oxygens (including phenoxy) is 2. The van der Waals surface area contributed by atoms with Gasteiger partial charge in [0.1, 0.15) is 30.1 Å². The summed E-state index contributed by atoms with van der Waals surface area (Å²) >= 11 is 0. The summed E-state index contributed by atoms with van der Waals surface area (Å²) in [6.07, 6.45) is -7.43. The molecule has 4 radical (unpaired) electrons. The highest BCUT2D eigenvalue weighted by atomic mass is 31.2. The molecule has 4 unspecified atom stereocenters. The quantitative estimate of drug-likeness (QED) is 0.201. The van der Waals surface area contributed by atoms with Gasteiger partial charge in [0.2, 0.25) is 21.1 Å². The van der Waals surface area contributed by atoms with E-state index < -0.39 is 82.9 Å². The number of halogens is 2. The number of nitrogens with zero attached hydrogens (tertiary/aromatic N) is 5. The van der Waals surface area contributed by atoms with E-state index in [0.29, 0.717) is 12.1 Å². The highest BCUT2D eigenvalue weighted by Crippen LogP contribution is 2.54. The van der Waals surface area contributed by atoms with Gasteiger partial charge in [-0.1, -0.05) is 0 Å². The number of anilines is 2. The Morgan fingerprint density at radius 1 is 0.958 bits per heavy atom. The van der Waals surface area contributed by atoms with Gasteiger partial charge >= 0.3 is 0 Å². The molecule has 8 rings (SSSR count). The van der Waals surface area contributed by atoms with Gasteiger partial charge in [0.05, 0.1) is 19.5 Å². The van der Waals surface area contributed by atoms with Crippen LogP contribution in [-0.2, 0) is 43.1 Å². The van der Waals surface area contributed by atoms with Crippen LogP contribution in [0.3, 0.4) is 0 Å². The van der Waals surface area contributed by atoms with E-state index in [1.54, 1.807) is 12.4 Å². The fraction of sp³-hybridized carbons (Fsp3) is 0.520. The van der Waals surface area contributed by atoms with Gasteiger partial charge < -0.3 is 43.2 Å². The molecule has 4 N–H and O–H groups in total. The minimum absolute atomic E-state index is 0.127. The summed E-state index contributed by atoms with van der Waals surface area (Å²) in [5.74, 6) is -0.270. The van der Waals surface area contributed by atoms with E-state index in [0.717, 1.165) is 40.5 Å². The second-order valence-electron chi connectivity index (χ2n) is 11.8. The fourth-order valence-electron chi connectivity index (χ4n) is 6.53. The number of aromatic amines is 1. The van der Waals surface area contributed by atoms with Crippen LogP contribution in [0.4, 0.5) is 20.4 Å². The Morgan fingerprint density at radius 3 is 2.27 bits per heavy atom. The van der Waals surface area contributed by atoms with Crippen LogP contribution in [0, 0.1) is 0 Å². The van der Waals surface area contributed by atoms with Crippen LogP contribution in [0.5, 0.6) is 0 Å². The number of imidazole rings is 1. The Morgan fingerprint density at radius 2 is 1.60 bits per heavy atom. The molecule has 23 heteroatoms. The zero-order valence-corrected chi connectivity index (χ0v) is 26.5. The number of fused-ring (bicyclic) bond motifs is 3. The summed E-state index contributed by atoms with van der Waals surface area (Å²) < 4.78 is 95.2. The number of rotatable bonds is 2. The van der Waals surface area contributed by atoms with E-state index >= 15 is 8.78 Å². The van der Waals surface area contributed by atoms with Gasteiger partial charge in [-0.05, 0) is 24.5 Å². The van der Waals surface area contributed by atoms with Crippen LogP contribution in [0.2, 0.25) is 0 Å². The first-order chi connectivity index (χ1) is 22.9. The molecule has 0 aliphatic carbocycles. The molecule has 0 amide bonds. The predicted molar refractivity (Wildman–Crippen MR) is 165 cm³/mol. The number of hydrogen-bond acceptors (Lipinski definition) is 14. The average molecular weight is 704 g/mol. The lowest BCUT2D eigenvalue weighted by molar-refractivity contribution is -0.0547. The van der Waals surface area contributed by atoms with Crippen molar-refractivity contribution in [2.45, 2.75) is 62.1 Å². The smallest absolute Gasteiger partial charge is 0.280 e.